The van der Waals surface area contributed by atoms with E-state index in [0.29, 0.717) is 13.2 Å². The van der Waals surface area contributed by atoms with Gasteiger partial charge in [-0.3, -0.25) is 0 Å². The summed E-state index contributed by atoms with van der Waals surface area (Å²) in [5.41, 5.74) is 2.75. The standard InChI is InChI=1S/C16H16O3/c17-15(12-4-2-1-3-5-12)13-6-8-14(9-7-13)16-18-10-11-19-16/h1-9,15-17H,10-11H2. The van der Waals surface area contributed by atoms with E-state index in [4.69, 9.17) is 9.47 Å². The summed E-state index contributed by atoms with van der Waals surface area (Å²) >= 11 is 0. The first-order valence-corrected chi connectivity index (χ1v) is 6.41. The normalized spacial score (nSPS) is 17.5. The van der Waals surface area contributed by atoms with Gasteiger partial charge in [0.05, 0.1) is 13.2 Å². The van der Waals surface area contributed by atoms with Crippen molar-refractivity contribution < 1.29 is 14.6 Å². The zero-order chi connectivity index (χ0) is 13.1. The Balaban J connectivity index is 1.78. The van der Waals surface area contributed by atoms with Crippen LogP contribution in [0.5, 0.6) is 0 Å². The summed E-state index contributed by atoms with van der Waals surface area (Å²) in [5, 5.41) is 10.3. The molecule has 1 fully saturated rings. The molecular formula is C16H16O3. The van der Waals surface area contributed by atoms with Crippen molar-refractivity contribution in [3.8, 4) is 0 Å². The van der Waals surface area contributed by atoms with Gasteiger partial charge < -0.3 is 14.6 Å². The van der Waals surface area contributed by atoms with Crippen molar-refractivity contribution in [2.45, 2.75) is 12.4 Å². The van der Waals surface area contributed by atoms with Crippen LogP contribution >= 0.6 is 0 Å². The smallest absolute Gasteiger partial charge is 0.184 e. The van der Waals surface area contributed by atoms with Gasteiger partial charge in [0, 0.05) is 5.56 Å². The molecule has 3 rings (SSSR count). The molecule has 1 unspecified atom stereocenters. The summed E-state index contributed by atoms with van der Waals surface area (Å²) in [4.78, 5) is 0. The maximum atomic E-state index is 10.3. The maximum Gasteiger partial charge on any atom is 0.184 e. The predicted octanol–water partition coefficient (Wildman–Crippen LogP) is 2.81. The van der Waals surface area contributed by atoms with E-state index in [9.17, 15) is 5.11 Å². The maximum absolute atomic E-state index is 10.3. The number of benzene rings is 2. The Labute approximate surface area is 112 Å². The minimum absolute atomic E-state index is 0.261. The van der Waals surface area contributed by atoms with Crippen LogP contribution in [-0.2, 0) is 9.47 Å². The van der Waals surface area contributed by atoms with Crippen LogP contribution in [0, 0.1) is 0 Å². The third-order valence-electron chi connectivity index (χ3n) is 3.26. The van der Waals surface area contributed by atoms with Crippen molar-refractivity contribution in [2.75, 3.05) is 13.2 Å². The van der Waals surface area contributed by atoms with Gasteiger partial charge in [0.15, 0.2) is 6.29 Å². The van der Waals surface area contributed by atoms with Crippen LogP contribution in [-0.4, -0.2) is 18.3 Å². The van der Waals surface area contributed by atoms with E-state index in [1.807, 2.05) is 54.6 Å². The lowest BCUT2D eigenvalue weighted by atomic mass is 10.0. The van der Waals surface area contributed by atoms with Gasteiger partial charge in [-0.05, 0) is 11.1 Å². The molecule has 0 radical (unpaired) electrons. The molecule has 3 heteroatoms. The molecule has 1 aliphatic heterocycles. The molecule has 3 nitrogen and oxygen atoms in total. The van der Waals surface area contributed by atoms with Crippen LogP contribution in [0.4, 0.5) is 0 Å². The Morgan fingerprint density at radius 2 is 1.42 bits per heavy atom. The van der Waals surface area contributed by atoms with Crippen LogP contribution in [0.2, 0.25) is 0 Å². The van der Waals surface area contributed by atoms with E-state index < -0.39 is 6.10 Å². The Bertz CT molecular complexity index is 515. The molecule has 0 aliphatic carbocycles. The summed E-state index contributed by atoms with van der Waals surface area (Å²) in [6.45, 7) is 1.28. The van der Waals surface area contributed by atoms with E-state index in [1.54, 1.807) is 0 Å². The van der Waals surface area contributed by atoms with Gasteiger partial charge >= 0.3 is 0 Å². The van der Waals surface area contributed by atoms with Gasteiger partial charge in [0.25, 0.3) is 0 Å². The summed E-state index contributed by atoms with van der Waals surface area (Å²) in [5.74, 6) is 0. The molecule has 1 saturated heterocycles. The third-order valence-corrected chi connectivity index (χ3v) is 3.26. The summed E-state index contributed by atoms with van der Waals surface area (Å²) in [6, 6.07) is 17.3. The van der Waals surface area contributed by atoms with Crippen LogP contribution < -0.4 is 0 Å². The lowest BCUT2D eigenvalue weighted by Crippen LogP contribution is -2.01. The molecule has 0 spiro atoms. The van der Waals surface area contributed by atoms with Gasteiger partial charge in [-0.2, -0.15) is 0 Å². The number of aliphatic hydroxyl groups excluding tert-OH is 1. The van der Waals surface area contributed by atoms with Crippen LogP contribution in [0.15, 0.2) is 54.6 Å². The van der Waals surface area contributed by atoms with Gasteiger partial charge in [-0.15, -0.1) is 0 Å². The fourth-order valence-electron chi connectivity index (χ4n) is 2.21. The first-order valence-electron chi connectivity index (χ1n) is 6.41. The monoisotopic (exact) mass is 256 g/mol. The Morgan fingerprint density at radius 3 is 2.05 bits per heavy atom. The second-order valence-electron chi connectivity index (χ2n) is 4.55. The number of aliphatic hydroxyl groups is 1. The van der Waals surface area contributed by atoms with Crippen LogP contribution in [0.3, 0.4) is 0 Å². The van der Waals surface area contributed by atoms with Crippen molar-refractivity contribution in [1.82, 2.24) is 0 Å². The summed E-state index contributed by atoms with van der Waals surface area (Å²) in [6.07, 6.45) is -0.858. The largest absolute Gasteiger partial charge is 0.384 e. The van der Waals surface area contributed by atoms with Gasteiger partial charge in [-0.25, -0.2) is 0 Å². The molecular weight excluding hydrogens is 240 g/mol. The Morgan fingerprint density at radius 1 is 0.842 bits per heavy atom. The van der Waals surface area contributed by atoms with Crippen LogP contribution in [0.25, 0.3) is 0 Å². The first-order chi connectivity index (χ1) is 9.34. The zero-order valence-electron chi connectivity index (χ0n) is 10.5. The molecule has 98 valence electrons. The molecule has 19 heavy (non-hydrogen) atoms. The van der Waals surface area contributed by atoms with Gasteiger partial charge in [0.2, 0.25) is 0 Å². The third kappa shape index (κ3) is 2.68. The predicted molar refractivity (Wildman–Crippen MR) is 71.6 cm³/mol. The van der Waals surface area contributed by atoms with E-state index in [1.165, 1.54) is 0 Å². The zero-order valence-corrected chi connectivity index (χ0v) is 10.5. The van der Waals surface area contributed by atoms with E-state index >= 15 is 0 Å². The highest BCUT2D eigenvalue weighted by Crippen LogP contribution is 2.26. The van der Waals surface area contributed by atoms with E-state index in [-0.39, 0.29) is 6.29 Å². The highest BCUT2D eigenvalue weighted by Gasteiger charge is 2.18. The highest BCUT2D eigenvalue weighted by molar-refractivity contribution is 5.32. The average Bonchev–Trinajstić information content (AvgIpc) is 3.02. The topological polar surface area (TPSA) is 38.7 Å². The number of rotatable bonds is 3. The van der Waals surface area contributed by atoms with Crippen molar-refractivity contribution in [3.63, 3.8) is 0 Å². The second kappa shape index (κ2) is 5.53. The molecule has 0 amide bonds. The van der Waals surface area contributed by atoms with Gasteiger partial charge in [0.1, 0.15) is 6.10 Å². The lowest BCUT2D eigenvalue weighted by molar-refractivity contribution is -0.0441. The fraction of sp³-hybridized carbons (Fsp3) is 0.250. The quantitative estimate of drug-likeness (QED) is 0.917. The molecule has 1 heterocycles. The summed E-state index contributed by atoms with van der Waals surface area (Å²) in [7, 11) is 0. The van der Waals surface area contributed by atoms with Crippen molar-refractivity contribution in [3.05, 3.63) is 71.3 Å². The van der Waals surface area contributed by atoms with Crippen molar-refractivity contribution in [1.29, 1.82) is 0 Å². The SMILES string of the molecule is OC(c1ccccc1)c1ccc(C2OCCO2)cc1. The number of hydrogen-bond acceptors (Lipinski definition) is 3. The van der Waals surface area contributed by atoms with Crippen LogP contribution in [0.1, 0.15) is 29.1 Å². The van der Waals surface area contributed by atoms with E-state index in [2.05, 4.69) is 0 Å². The molecule has 1 atom stereocenters. The van der Waals surface area contributed by atoms with Crippen molar-refractivity contribution in [2.24, 2.45) is 0 Å². The Hall–Kier alpha value is -1.68. The molecule has 0 saturated carbocycles. The minimum atomic E-state index is -0.597. The first kappa shape index (κ1) is 12.4. The minimum Gasteiger partial charge on any atom is -0.384 e. The fourth-order valence-corrected chi connectivity index (χ4v) is 2.21. The highest BCUT2D eigenvalue weighted by atomic mass is 16.7. The van der Waals surface area contributed by atoms with E-state index in [0.717, 1.165) is 16.7 Å². The molecule has 1 N–H and O–H groups in total. The average molecular weight is 256 g/mol. The Kier molecular flexibility index (Phi) is 3.60. The molecule has 0 bridgehead atoms. The molecule has 2 aromatic carbocycles. The summed E-state index contributed by atoms with van der Waals surface area (Å²) < 4.78 is 10.9. The molecule has 0 aromatic heterocycles. The number of hydrogen-bond donors (Lipinski definition) is 1. The molecule has 1 aliphatic rings. The van der Waals surface area contributed by atoms with Crippen molar-refractivity contribution >= 4 is 0 Å². The second-order valence-corrected chi connectivity index (χ2v) is 4.55. The number of ether oxygens (including phenoxy) is 2. The van der Waals surface area contributed by atoms with Gasteiger partial charge in [-0.1, -0.05) is 54.6 Å². The molecule has 2 aromatic rings. The lowest BCUT2D eigenvalue weighted by Gasteiger charge is -2.13.